The number of benzene rings is 2. The Bertz CT molecular complexity index is 993. The SMILES string of the molecule is Cc1cccc(CO[C@H]2[C@@H]3O[C@@H]([C@@H]4C[C@H]4c4ccccc4)O[C@@H]3CO[C@]23COC(C)(C)O3)c1. The maximum absolute atomic E-state index is 6.56. The van der Waals surface area contributed by atoms with Crippen LogP contribution in [0, 0.1) is 12.8 Å². The second-order valence-electron chi connectivity index (χ2n) is 10.2. The molecule has 6 rings (SSSR count). The van der Waals surface area contributed by atoms with E-state index in [0.717, 1.165) is 12.0 Å². The predicted octanol–water partition coefficient (Wildman–Crippen LogP) is 4.30. The fourth-order valence-corrected chi connectivity index (χ4v) is 5.45. The van der Waals surface area contributed by atoms with Gasteiger partial charge in [0.15, 0.2) is 12.1 Å². The van der Waals surface area contributed by atoms with E-state index in [4.69, 9.17) is 28.4 Å². The van der Waals surface area contributed by atoms with E-state index >= 15 is 0 Å². The summed E-state index contributed by atoms with van der Waals surface area (Å²) in [6.07, 6.45) is -0.112. The molecule has 0 radical (unpaired) electrons. The first-order valence-corrected chi connectivity index (χ1v) is 11.9. The van der Waals surface area contributed by atoms with E-state index in [1.165, 1.54) is 11.1 Å². The van der Waals surface area contributed by atoms with Gasteiger partial charge in [0.25, 0.3) is 0 Å². The predicted molar refractivity (Wildman–Crippen MR) is 120 cm³/mol. The molecule has 4 fully saturated rings. The molecular weight excluding hydrogens is 420 g/mol. The Kier molecular flexibility index (Phi) is 5.36. The summed E-state index contributed by atoms with van der Waals surface area (Å²) in [5.41, 5.74) is 3.65. The van der Waals surface area contributed by atoms with Gasteiger partial charge in [-0.25, -0.2) is 0 Å². The average Bonchev–Trinajstić information content (AvgIpc) is 3.39. The second kappa shape index (κ2) is 8.15. The van der Waals surface area contributed by atoms with E-state index in [1.807, 2.05) is 19.9 Å². The number of rotatable bonds is 5. The maximum Gasteiger partial charge on any atom is 0.224 e. The normalized spacial score (nSPS) is 39.0. The van der Waals surface area contributed by atoms with E-state index in [9.17, 15) is 0 Å². The van der Waals surface area contributed by atoms with E-state index in [-0.39, 0.29) is 18.5 Å². The third kappa shape index (κ3) is 4.14. The molecule has 0 unspecified atom stereocenters. The Morgan fingerprint density at radius 3 is 2.61 bits per heavy atom. The largest absolute Gasteiger partial charge is 0.365 e. The maximum atomic E-state index is 6.56. The minimum atomic E-state index is -1.00. The van der Waals surface area contributed by atoms with Crippen molar-refractivity contribution in [1.29, 1.82) is 0 Å². The third-order valence-electron chi connectivity index (χ3n) is 7.16. The van der Waals surface area contributed by atoms with Gasteiger partial charge in [0.05, 0.1) is 13.2 Å². The van der Waals surface area contributed by atoms with Gasteiger partial charge in [0.2, 0.25) is 5.79 Å². The highest BCUT2D eigenvalue weighted by Crippen LogP contribution is 2.54. The lowest BCUT2D eigenvalue weighted by atomic mass is 9.97. The molecule has 6 nitrogen and oxygen atoms in total. The molecule has 3 saturated heterocycles. The highest BCUT2D eigenvalue weighted by Gasteiger charge is 2.64. The van der Waals surface area contributed by atoms with Crippen LogP contribution < -0.4 is 0 Å². The number of hydrogen-bond acceptors (Lipinski definition) is 6. The molecule has 2 aromatic carbocycles. The monoisotopic (exact) mass is 452 g/mol. The molecular formula is C27H32O6. The van der Waals surface area contributed by atoms with Crippen LogP contribution in [0.2, 0.25) is 0 Å². The van der Waals surface area contributed by atoms with Crippen molar-refractivity contribution >= 4 is 0 Å². The standard InChI is InChI=1S/C27H32O6/c1-17-8-7-9-18(12-17)14-28-24-23-22(15-29-27(24)16-30-26(2,3)33-27)31-25(32-23)21-13-20(21)19-10-5-4-6-11-19/h4-12,20-25H,13-16H2,1-3H3/t20-,21+,22+,23+,24-,25-,27-/m0/s1. The first-order valence-electron chi connectivity index (χ1n) is 11.9. The molecule has 33 heavy (non-hydrogen) atoms. The van der Waals surface area contributed by atoms with Crippen molar-refractivity contribution in [2.75, 3.05) is 13.2 Å². The van der Waals surface area contributed by atoms with Crippen molar-refractivity contribution in [3.8, 4) is 0 Å². The zero-order chi connectivity index (χ0) is 22.6. The lowest BCUT2D eigenvalue weighted by Crippen LogP contribution is -2.62. The van der Waals surface area contributed by atoms with Gasteiger partial charge in [0.1, 0.15) is 24.9 Å². The Hall–Kier alpha value is -1.80. The van der Waals surface area contributed by atoms with Crippen molar-refractivity contribution in [3.05, 3.63) is 71.3 Å². The molecule has 7 atom stereocenters. The first-order chi connectivity index (χ1) is 15.9. The number of fused-ring (bicyclic) bond motifs is 1. The third-order valence-corrected chi connectivity index (χ3v) is 7.16. The van der Waals surface area contributed by atoms with Crippen LogP contribution in [-0.2, 0) is 35.0 Å². The summed E-state index contributed by atoms with van der Waals surface area (Å²) in [5, 5.41) is 0. The van der Waals surface area contributed by atoms with Gasteiger partial charge in [-0.05, 0) is 44.2 Å². The van der Waals surface area contributed by atoms with Gasteiger partial charge in [-0.3, -0.25) is 0 Å². The van der Waals surface area contributed by atoms with Gasteiger partial charge >= 0.3 is 0 Å². The number of aryl methyl sites for hydroxylation is 1. The van der Waals surface area contributed by atoms with Crippen LogP contribution in [0.25, 0.3) is 0 Å². The minimum absolute atomic E-state index is 0.188. The lowest BCUT2D eigenvalue weighted by molar-refractivity contribution is -0.336. The van der Waals surface area contributed by atoms with Gasteiger partial charge in [-0.2, -0.15) is 0 Å². The molecule has 0 aromatic heterocycles. The molecule has 0 amide bonds. The zero-order valence-electron chi connectivity index (χ0n) is 19.4. The lowest BCUT2D eigenvalue weighted by Gasteiger charge is -2.43. The Morgan fingerprint density at radius 1 is 1.00 bits per heavy atom. The van der Waals surface area contributed by atoms with Crippen LogP contribution in [0.5, 0.6) is 0 Å². The smallest absolute Gasteiger partial charge is 0.224 e. The molecule has 1 spiro atoms. The van der Waals surface area contributed by atoms with Crippen LogP contribution in [0.1, 0.15) is 42.9 Å². The van der Waals surface area contributed by atoms with Crippen LogP contribution >= 0.6 is 0 Å². The molecule has 0 N–H and O–H groups in total. The zero-order valence-corrected chi connectivity index (χ0v) is 19.4. The summed E-state index contributed by atoms with van der Waals surface area (Å²) in [5.74, 6) is -0.924. The Balaban J connectivity index is 1.21. The quantitative estimate of drug-likeness (QED) is 0.674. The molecule has 3 aliphatic heterocycles. The van der Waals surface area contributed by atoms with E-state index in [2.05, 4.69) is 55.5 Å². The molecule has 2 aromatic rings. The molecule has 6 heteroatoms. The van der Waals surface area contributed by atoms with Crippen molar-refractivity contribution in [2.45, 2.75) is 75.9 Å². The average molecular weight is 453 g/mol. The summed E-state index contributed by atoms with van der Waals surface area (Å²) < 4.78 is 37.9. The molecule has 176 valence electrons. The first kappa shape index (κ1) is 21.7. The topological polar surface area (TPSA) is 55.4 Å². The van der Waals surface area contributed by atoms with Crippen molar-refractivity contribution in [3.63, 3.8) is 0 Å². The minimum Gasteiger partial charge on any atom is -0.365 e. The highest BCUT2D eigenvalue weighted by atomic mass is 16.9. The van der Waals surface area contributed by atoms with Crippen LogP contribution in [0.4, 0.5) is 0 Å². The highest BCUT2D eigenvalue weighted by molar-refractivity contribution is 5.26. The van der Waals surface area contributed by atoms with E-state index in [0.29, 0.717) is 31.7 Å². The van der Waals surface area contributed by atoms with E-state index < -0.39 is 17.7 Å². The summed E-state index contributed by atoms with van der Waals surface area (Å²) in [7, 11) is 0. The summed E-state index contributed by atoms with van der Waals surface area (Å²) >= 11 is 0. The molecule has 0 bridgehead atoms. The number of ether oxygens (including phenoxy) is 6. The van der Waals surface area contributed by atoms with Crippen LogP contribution in [-0.4, -0.2) is 49.4 Å². The van der Waals surface area contributed by atoms with Gasteiger partial charge in [0, 0.05) is 5.92 Å². The van der Waals surface area contributed by atoms with Crippen molar-refractivity contribution < 1.29 is 28.4 Å². The second-order valence-corrected chi connectivity index (χ2v) is 10.2. The van der Waals surface area contributed by atoms with Gasteiger partial charge in [-0.1, -0.05) is 60.2 Å². The summed E-state index contributed by atoms with van der Waals surface area (Å²) in [6.45, 7) is 7.02. The summed E-state index contributed by atoms with van der Waals surface area (Å²) in [6, 6.07) is 18.9. The Labute approximate surface area is 195 Å². The van der Waals surface area contributed by atoms with Crippen LogP contribution in [0.15, 0.2) is 54.6 Å². The Morgan fingerprint density at radius 2 is 1.85 bits per heavy atom. The molecule has 1 saturated carbocycles. The van der Waals surface area contributed by atoms with Crippen LogP contribution in [0.3, 0.4) is 0 Å². The van der Waals surface area contributed by atoms with Gasteiger partial charge < -0.3 is 28.4 Å². The van der Waals surface area contributed by atoms with Gasteiger partial charge in [-0.15, -0.1) is 0 Å². The molecule has 4 aliphatic rings. The summed E-state index contributed by atoms with van der Waals surface area (Å²) in [4.78, 5) is 0. The molecule has 1 aliphatic carbocycles. The fourth-order valence-electron chi connectivity index (χ4n) is 5.45. The van der Waals surface area contributed by atoms with E-state index in [1.54, 1.807) is 0 Å². The van der Waals surface area contributed by atoms with Crippen molar-refractivity contribution in [2.24, 2.45) is 5.92 Å². The van der Waals surface area contributed by atoms with Crippen molar-refractivity contribution in [1.82, 2.24) is 0 Å². The fraction of sp³-hybridized carbons (Fsp3) is 0.556. The molecule has 3 heterocycles. The number of hydrogen-bond donors (Lipinski definition) is 0.